The Hall–Kier alpha value is -0.980. The molecule has 0 saturated heterocycles. The molecule has 2 atom stereocenters. The van der Waals surface area contributed by atoms with Crippen LogP contribution in [-0.2, 0) is 18.3 Å². The summed E-state index contributed by atoms with van der Waals surface area (Å²) in [6.45, 7) is 9.56. The Bertz CT molecular complexity index is 529. The third-order valence-corrected chi connectivity index (χ3v) is 6.29. The Morgan fingerprint density at radius 1 is 1.20 bits per heavy atom. The zero-order chi connectivity index (χ0) is 14.5. The normalized spacial score (nSPS) is 31.5. The lowest BCUT2D eigenvalue weighted by Gasteiger charge is -2.54. The van der Waals surface area contributed by atoms with Gasteiger partial charge in [0.05, 0.1) is 0 Å². The van der Waals surface area contributed by atoms with Crippen molar-refractivity contribution >= 4 is 0 Å². The topological polar surface area (TPSA) is 20.2 Å². The first kappa shape index (κ1) is 14.0. The fourth-order valence-corrected chi connectivity index (χ4v) is 5.34. The summed E-state index contributed by atoms with van der Waals surface area (Å²) in [5, 5.41) is 10.1. The standard InChI is InChI=1S/C19H28O/c1-5-13-14-7-10-17-18(2,3)11-6-12-19(17,4)15(14)8-9-16(13)20/h8-9,17,20H,5-7,10-12H2,1-4H3/t17-,19+/m0/s1. The van der Waals surface area contributed by atoms with Crippen molar-refractivity contribution in [1.29, 1.82) is 0 Å². The quantitative estimate of drug-likeness (QED) is 0.764. The van der Waals surface area contributed by atoms with Gasteiger partial charge in [-0.3, -0.25) is 0 Å². The molecule has 1 aromatic rings. The molecule has 1 heteroatoms. The molecule has 0 bridgehead atoms. The maximum Gasteiger partial charge on any atom is 0.119 e. The Morgan fingerprint density at radius 2 is 1.95 bits per heavy atom. The van der Waals surface area contributed by atoms with Crippen LogP contribution in [-0.4, -0.2) is 5.11 Å². The summed E-state index contributed by atoms with van der Waals surface area (Å²) < 4.78 is 0. The summed E-state index contributed by atoms with van der Waals surface area (Å²) in [5.41, 5.74) is 4.97. The average molecular weight is 272 g/mol. The van der Waals surface area contributed by atoms with Gasteiger partial charge in [0.25, 0.3) is 0 Å². The summed E-state index contributed by atoms with van der Waals surface area (Å²) in [7, 11) is 0. The van der Waals surface area contributed by atoms with E-state index in [1.807, 2.05) is 6.07 Å². The number of hydrogen-bond acceptors (Lipinski definition) is 1. The highest BCUT2D eigenvalue weighted by Crippen LogP contribution is 2.57. The van der Waals surface area contributed by atoms with Crippen LogP contribution in [0.5, 0.6) is 5.75 Å². The van der Waals surface area contributed by atoms with E-state index in [-0.39, 0.29) is 0 Å². The van der Waals surface area contributed by atoms with Crippen LogP contribution in [0.1, 0.15) is 70.1 Å². The van der Waals surface area contributed by atoms with Gasteiger partial charge >= 0.3 is 0 Å². The van der Waals surface area contributed by atoms with Crippen LogP contribution in [0, 0.1) is 11.3 Å². The van der Waals surface area contributed by atoms with E-state index in [1.165, 1.54) is 42.4 Å². The number of phenolic OH excluding ortho intramolecular Hbond substituents is 1. The van der Waals surface area contributed by atoms with Crippen LogP contribution in [0.3, 0.4) is 0 Å². The van der Waals surface area contributed by atoms with Crippen molar-refractivity contribution in [2.24, 2.45) is 11.3 Å². The molecule has 0 heterocycles. The van der Waals surface area contributed by atoms with Crippen LogP contribution in [0.2, 0.25) is 0 Å². The smallest absolute Gasteiger partial charge is 0.119 e. The third-order valence-electron chi connectivity index (χ3n) is 6.29. The summed E-state index contributed by atoms with van der Waals surface area (Å²) >= 11 is 0. The molecule has 0 aromatic heterocycles. The molecule has 3 rings (SSSR count). The molecule has 1 aromatic carbocycles. The maximum absolute atomic E-state index is 10.1. The maximum atomic E-state index is 10.1. The molecular formula is C19H28O. The van der Waals surface area contributed by atoms with E-state index in [2.05, 4.69) is 33.8 Å². The number of phenols is 1. The number of rotatable bonds is 1. The second kappa shape index (κ2) is 4.51. The van der Waals surface area contributed by atoms with Gasteiger partial charge in [-0.1, -0.05) is 40.2 Å². The molecule has 1 nitrogen and oxygen atoms in total. The van der Waals surface area contributed by atoms with E-state index in [0.717, 1.165) is 18.8 Å². The predicted octanol–water partition coefficient (Wildman–Crippen LogP) is 4.98. The molecule has 2 aliphatic rings. The lowest BCUT2D eigenvalue weighted by molar-refractivity contribution is 0.0405. The summed E-state index contributed by atoms with van der Waals surface area (Å²) in [6.07, 6.45) is 7.38. The van der Waals surface area contributed by atoms with E-state index < -0.39 is 0 Å². The van der Waals surface area contributed by atoms with Crippen LogP contribution >= 0.6 is 0 Å². The first-order valence-corrected chi connectivity index (χ1v) is 8.24. The van der Waals surface area contributed by atoms with Gasteiger partial charge in [-0.25, -0.2) is 0 Å². The molecule has 1 fully saturated rings. The van der Waals surface area contributed by atoms with Crippen molar-refractivity contribution in [2.75, 3.05) is 0 Å². The SMILES string of the molecule is CCc1c(O)ccc2c1CC[C@H]1C(C)(C)CCC[C@]21C. The van der Waals surface area contributed by atoms with E-state index >= 15 is 0 Å². The second-order valence-electron chi connectivity index (χ2n) is 7.79. The highest BCUT2D eigenvalue weighted by molar-refractivity contribution is 5.49. The Balaban J connectivity index is 2.16. The van der Waals surface area contributed by atoms with Gasteiger partial charge in [-0.15, -0.1) is 0 Å². The van der Waals surface area contributed by atoms with Gasteiger partial charge in [-0.2, -0.15) is 0 Å². The van der Waals surface area contributed by atoms with Crippen molar-refractivity contribution in [1.82, 2.24) is 0 Å². The predicted molar refractivity (Wildman–Crippen MR) is 84.3 cm³/mol. The molecule has 110 valence electrons. The molecule has 0 unspecified atom stereocenters. The van der Waals surface area contributed by atoms with E-state index in [1.54, 1.807) is 0 Å². The molecule has 0 radical (unpaired) electrons. The first-order valence-electron chi connectivity index (χ1n) is 8.24. The zero-order valence-corrected chi connectivity index (χ0v) is 13.4. The van der Waals surface area contributed by atoms with Gasteiger partial charge < -0.3 is 5.11 Å². The minimum Gasteiger partial charge on any atom is -0.508 e. The molecular weight excluding hydrogens is 244 g/mol. The number of aromatic hydroxyl groups is 1. The molecule has 1 saturated carbocycles. The summed E-state index contributed by atoms with van der Waals surface area (Å²) in [6, 6.07) is 4.16. The highest BCUT2D eigenvalue weighted by atomic mass is 16.3. The lowest BCUT2D eigenvalue weighted by Crippen LogP contribution is -2.48. The van der Waals surface area contributed by atoms with Crippen LogP contribution < -0.4 is 0 Å². The van der Waals surface area contributed by atoms with Gasteiger partial charge in [0.2, 0.25) is 0 Å². The van der Waals surface area contributed by atoms with Crippen molar-refractivity contribution < 1.29 is 5.11 Å². The monoisotopic (exact) mass is 272 g/mol. The zero-order valence-electron chi connectivity index (χ0n) is 13.4. The number of benzene rings is 1. The van der Waals surface area contributed by atoms with Gasteiger partial charge in [0.15, 0.2) is 0 Å². The number of hydrogen-bond donors (Lipinski definition) is 1. The molecule has 0 amide bonds. The highest BCUT2D eigenvalue weighted by Gasteiger charge is 2.49. The fraction of sp³-hybridized carbons (Fsp3) is 0.684. The average Bonchev–Trinajstić information content (AvgIpc) is 2.37. The first-order chi connectivity index (χ1) is 9.40. The minimum atomic E-state index is 0.312. The summed E-state index contributed by atoms with van der Waals surface area (Å²) in [4.78, 5) is 0. The summed E-state index contributed by atoms with van der Waals surface area (Å²) in [5.74, 6) is 1.29. The van der Waals surface area contributed by atoms with Crippen LogP contribution in [0.4, 0.5) is 0 Å². The van der Waals surface area contributed by atoms with E-state index in [4.69, 9.17) is 0 Å². The van der Waals surface area contributed by atoms with Crippen LogP contribution in [0.15, 0.2) is 12.1 Å². The van der Waals surface area contributed by atoms with Crippen molar-refractivity contribution in [3.05, 3.63) is 28.8 Å². The fourth-order valence-electron chi connectivity index (χ4n) is 5.34. The van der Waals surface area contributed by atoms with Gasteiger partial charge in [-0.05, 0) is 71.6 Å². The number of fused-ring (bicyclic) bond motifs is 3. The molecule has 0 aliphatic heterocycles. The van der Waals surface area contributed by atoms with E-state index in [0.29, 0.717) is 16.6 Å². The Kier molecular flexibility index (Phi) is 3.15. The van der Waals surface area contributed by atoms with Gasteiger partial charge in [0, 0.05) is 0 Å². The van der Waals surface area contributed by atoms with Gasteiger partial charge in [0.1, 0.15) is 5.75 Å². The third kappa shape index (κ3) is 1.82. The lowest BCUT2D eigenvalue weighted by atomic mass is 9.50. The largest absolute Gasteiger partial charge is 0.508 e. The molecule has 20 heavy (non-hydrogen) atoms. The van der Waals surface area contributed by atoms with E-state index in [9.17, 15) is 5.11 Å². The minimum absolute atomic E-state index is 0.312. The Morgan fingerprint density at radius 3 is 2.65 bits per heavy atom. The van der Waals surface area contributed by atoms with Crippen molar-refractivity contribution in [3.63, 3.8) is 0 Å². The molecule has 1 N–H and O–H groups in total. The second-order valence-corrected chi connectivity index (χ2v) is 7.79. The van der Waals surface area contributed by atoms with Crippen LogP contribution in [0.25, 0.3) is 0 Å². The molecule has 2 aliphatic carbocycles. The van der Waals surface area contributed by atoms with Crippen molar-refractivity contribution in [2.45, 2.75) is 71.6 Å². The Labute approximate surface area is 123 Å². The van der Waals surface area contributed by atoms with Crippen molar-refractivity contribution in [3.8, 4) is 5.75 Å². The molecule has 0 spiro atoms.